The van der Waals surface area contributed by atoms with Crippen LogP contribution in [0.5, 0.6) is 0 Å². The van der Waals surface area contributed by atoms with Crippen molar-refractivity contribution in [1.82, 2.24) is 5.32 Å². The van der Waals surface area contributed by atoms with Crippen molar-refractivity contribution in [3.05, 3.63) is 90.0 Å². The lowest BCUT2D eigenvalue weighted by Gasteiger charge is -2.22. The number of nitrogens with zero attached hydrogens (tertiary/aromatic N) is 1. The molecule has 0 fully saturated rings. The molecule has 0 aliphatic heterocycles. The number of anilines is 1. The van der Waals surface area contributed by atoms with Gasteiger partial charge in [0.15, 0.2) is 0 Å². The van der Waals surface area contributed by atoms with E-state index in [2.05, 4.69) is 17.4 Å². The molecule has 0 saturated heterocycles. The summed E-state index contributed by atoms with van der Waals surface area (Å²) in [7, 11) is 1.89. The van der Waals surface area contributed by atoms with Crippen molar-refractivity contribution in [2.24, 2.45) is 0 Å². The topological polar surface area (TPSA) is 78.9 Å². The van der Waals surface area contributed by atoms with E-state index in [0.29, 0.717) is 6.54 Å². The fraction of sp³-hybridized carbons (Fsp3) is 0.231. The highest BCUT2D eigenvalue weighted by Gasteiger charge is 2.29. The maximum absolute atomic E-state index is 12.4. The molecule has 0 heterocycles. The minimum absolute atomic E-state index is 0. The highest BCUT2D eigenvalue weighted by Crippen LogP contribution is 2.44. The van der Waals surface area contributed by atoms with Crippen molar-refractivity contribution in [3.63, 3.8) is 0 Å². The second-order valence-electron chi connectivity index (χ2n) is 7.91. The zero-order valence-electron chi connectivity index (χ0n) is 18.3. The summed E-state index contributed by atoms with van der Waals surface area (Å²) in [6.45, 7) is 0.626. The van der Waals surface area contributed by atoms with Crippen LogP contribution < -0.4 is 10.2 Å². The van der Waals surface area contributed by atoms with Gasteiger partial charge in [-0.15, -0.1) is 12.4 Å². The molecule has 0 aromatic heterocycles. The summed E-state index contributed by atoms with van der Waals surface area (Å²) in [5.41, 5.74) is 5.49. The minimum atomic E-state index is -1.08. The number of carboxylic acid groups (broad SMARTS) is 1. The maximum Gasteiger partial charge on any atom is 0.407 e. The fourth-order valence-electron chi connectivity index (χ4n) is 4.17. The van der Waals surface area contributed by atoms with Gasteiger partial charge in [0.25, 0.3) is 0 Å². The van der Waals surface area contributed by atoms with Gasteiger partial charge in [-0.1, -0.05) is 66.7 Å². The molecule has 0 spiro atoms. The van der Waals surface area contributed by atoms with E-state index in [0.717, 1.165) is 27.9 Å². The smallest absolute Gasteiger partial charge is 0.407 e. The average molecular weight is 467 g/mol. The number of benzene rings is 3. The number of fused-ring (bicyclic) bond motifs is 3. The van der Waals surface area contributed by atoms with Crippen LogP contribution in [0.3, 0.4) is 0 Å². The molecule has 1 aliphatic carbocycles. The van der Waals surface area contributed by atoms with E-state index in [9.17, 15) is 14.7 Å². The number of ether oxygens (including phenoxy) is 1. The van der Waals surface area contributed by atoms with Gasteiger partial charge in [0.05, 0.1) is 0 Å². The van der Waals surface area contributed by atoms with Crippen LogP contribution in [0.4, 0.5) is 10.5 Å². The molecule has 0 unspecified atom stereocenters. The first-order valence-electron chi connectivity index (χ1n) is 10.6. The van der Waals surface area contributed by atoms with E-state index in [1.807, 2.05) is 78.7 Å². The number of carbonyl (C=O) groups excluding carboxylic acids is 1. The molecule has 172 valence electrons. The van der Waals surface area contributed by atoms with Gasteiger partial charge in [-0.2, -0.15) is 0 Å². The van der Waals surface area contributed by atoms with E-state index in [-0.39, 0.29) is 31.4 Å². The number of carboxylic acids is 1. The minimum Gasteiger partial charge on any atom is -0.480 e. The van der Waals surface area contributed by atoms with Crippen molar-refractivity contribution in [3.8, 4) is 11.1 Å². The molecule has 6 nitrogen and oxygen atoms in total. The van der Waals surface area contributed by atoms with Gasteiger partial charge < -0.3 is 20.1 Å². The number of hydrogen-bond acceptors (Lipinski definition) is 4. The summed E-state index contributed by atoms with van der Waals surface area (Å²) in [4.78, 5) is 26.1. The van der Waals surface area contributed by atoms with Crippen LogP contribution in [-0.4, -0.2) is 43.4 Å². The summed E-state index contributed by atoms with van der Waals surface area (Å²) in [6.07, 6.45) is -0.466. The standard InChI is InChI=1S/C26H26N2O4.ClH/c1-28(18-9-3-2-4-10-18)16-15-24(25(29)30)27-26(31)32-17-23-21-13-7-5-11-19(21)20-12-6-8-14-22(20)23;/h2-14,23-24H,15-17H2,1H3,(H,27,31)(H,29,30);1H/t24-;/m0./s1. The third-order valence-corrected chi connectivity index (χ3v) is 5.88. The highest BCUT2D eigenvalue weighted by atomic mass is 35.5. The number of amides is 1. The van der Waals surface area contributed by atoms with E-state index in [1.54, 1.807) is 0 Å². The molecule has 3 aromatic rings. The van der Waals surface area contributed by atoms with Crippen LogP contribution in [0, 0.1) is 0 Å². The van der Waals surface area contributed by atoms with Gasteiger partial charge in [-0.25, -0.2) is 9.59 Å². The number of carbonyl (C=O) groups is 2. The third-order valence-electron chi connectivity index (χ3n) is 5.88. The number of halogens is 1. The first kappa shape index (κ1) is 24.1. The van der Waals surface area contributed by atoms with Crippen LogP contribution in [0.2, 0.25) is 0 Å². The Morgan fingerprint density at radius 3 is 2.06 bits per heavy atom. The van der Waals surface area contributed by atoms with Crippen molar-refractivity contribution >= 4 is 30.2 Å². The fourth-order valence-corrected chi connectivity index (χ4v) is 4.17. The molecule has 1 atom stereocenters. The largest absolute Gasteiger partial charge is 0.480 e. The van der Waals surface area contributed by atoms with Crippen molar-refractivity contribution in [1.29, 1.82) is 0 Å². The van der Waals surface area contributed by atoms with Crippen LogP contribution >= 0.6 is 12.4 Å². The summed E-state index contributed by atoms with van der Waals surface area (Å²) < 4.78 is 5.48. The summed E-state index contributed by atoms with van der Waals surface area (Å²) in [5.74, 6) is -1.15. The second-order valence-corrected chi connectivity index (χ2v) is 7.91. The quantitative estimate of drug-likeness (QED) is 0.492. The Labute approximate surface area is 199 Å². The molecular weight excluding hydrogens is 440 g/mol. The summed E-state index contributed by atoms with van der Waals surface area (Å²) in [5, 5.41) is 12.1. The number of aliphatic carboxylic acids is 1. The van der Waals surface area contributed by atoms with Gasteiger partial charge >= 0.3 is 12.1 Å². The summed E-state index contributed by atoms with van der Waals surface area (Å²) >= 11 is 0. The lowest BCUT2D eigenvalue weighted by atomic mass is 9.98. The van der Waals surface area contributed by atoms with Crippen molar-refractivity contribution < 1.29 is 19.4 Å². The molecule has 0 bridgehead atoms. The van der Waals surface area contributed by atoms with Crippen LogP contribution in [0.1, 0.15) is 23.5 Å². The molecule has 4 rings (SSSR count). The predicted octanol–water partition coefficient (Wildman–Crippen LogP) is 4.93. The molecule has 33 heavy (non-hydrogen) atoms. The van der Waals surface area contributed by atoms with E-state index in [4.69, 9.17) is 4.74 Å². The maximum atomic E-state index is 12.4. The van der Waals surface area contributed by atoms with E-state index >= 15 is 0 Å². The molecular formula is C26H27ClN2O4. The van der Waals surface area contributed by atoms with Crippen molar-refractivity contribution in [2.75, 3.05) is 25.1 Å². The van der Waals surface area contributed by atoms with Gasteiger partial charge in [0, 0.05) is 25.2 Å². The number of nitrogens with one attached hydrogen (secondary N) is 1. The van der Waals surface area contributed by atoms with Crippen LogP contribution in [0.15, 0.2) is 78.9 Å². The lowest BCUT2D eigenvalue weighted by molar-refractivity contribution is -0.139. The first-order valence-corrected chi connectivity index (χ1v) is 10.6. The van der Waals surface area contributed by atoms with E-state index < -0.39 is 18.1 Å². The number of alkyl carbamates (subject to hydrolysis) is 1. The van der Waals surface area contributed by atoms with Crippen LogP contribution in [0.25, 0.3) is 11.1 Å². The third kappa shape index (κ3) is 5.46. The Balaban J connectivity index is 0.00000306. The first-order chi connectivity index (χ1) is 15.5. The Bertz CT molecular complexity index is 1060. The van der Waals surface area contributed by atoms with Crippen LogP contribution in [-0.2, 0) is 9.53 Å². The molecule has 2 N–H and O–H groups in total. The number of hydrogen-bond donors (Lipinski definition) is 2. The molecule has 3 aromatic carbocycles. The monoisotopic (exact) mass is 466 g/mol. The Hall–Kier alpha value is -3.51. The van der Waals surface area contributed by atoms with Gasteiger partial charge in [0.2, 0.25) is 0 Å². The number of rotatable bonds is 8. The Morgan fingerprint density at radius 1 is 0.939 bits per heavy atom. The number of para-hydroxylation sites is 1. The normalized spacial score (nSPS) is 12.6. The SMILES string of the molecule is CN(CC[C@H](NC(=O)OCC1c2ccccc2-c2ccccc21)C(=O)O)c1ccccc1.Cl. The molecule has 0 saturated carbocycles. The second kappa shape index (κ2) is 10.9. The van der Waals surface area contributed by atoms with Crippen molar-refractivity contribution in [2.45, 2.75) is 18.4 Å². The summed E-state index contributed by atoms with van der Waals surface area (Å²) in [6, 6.07) is 24.8. The van der Waals surface area contributed by atoms with Gasteiger partial charge in [-0.05, 0) is 40.8 Å². The highest BCUT2D eigenvalue weighted by molar-refractivity contribution is 5.85. The van der Waals surface area contributed by atoms with E-state index in [1.165, 1.54) is 0 Å². The molecule has 0 radical (unpaired) electrons. The zero-order chi connectivity index (χ0) is 22.5. The average Bonchev–Trinajstić information content (AvgIpc) is 3.14. The molecule has 7 heteroatoms. The Morgan fingerprint density at radius 2 is 1.48 bits per heavy atom. The zero-order valence-corrected chi connectivity index (χ0v) is 19.1. The van der Waals surface area contributed by atoms with Gasteiger partial charge in [-0.3, -0.25) is 0 Å². The molecule has 1 amide bonds. The molecule has 1 aliphatic rings. The lowest BCUT2D eigenvalue weighted by Crippen LogP contribution is -2.43. The predicted molar refractivity (Wildman–Crippen MR) is 131 cm³/mol. The van der Waals surface area contributed by atoms with Gasteiger partial charge in [0.1, 0.15) is 12.6 Å². The Kier molecular flexibility index (Phi) is 7.96.